The van der Waals surface area contributed by atoms with Crippen LogP contribution in [0.1, 0.15) is 49.1 Å². The van der Waals surface area contributed by atoms with Crippen LogP contribution in [0.2, 0.25) is 0 Å². The average molecular weight is 286 g/mol. The molecule has 1 fully saturated rings. The molecule has 3 aromatic carbocycles. The highest BCUT2D eigenvalue weighted by Gasteiger charge is 2.32. The second-order valence-corrected chi connectivity index (χ2v) is 7.21. The van der Waals surface area contributed by atoms with Gasteiger partial charge in [-0.15, -0.1) is 0 Å². The predicted octanol–water partition coefficient (Wildman–Crippen LogP) is 6.21. The molecule has 0 aliphatic heterocycles. The summed E-state index contributed by atoms with van der Waals surface area (Å²) in [5.74, 6) is 1.78. The Morgan fingerprint density at radius 2 is 1.55 bits per heavy atom. The van der Waals surface area contributed by atoms with E-state index in [0.29, 0.717) is 0 Å². The van der Waals surface area contributed by atoms with Gasteiger partial charge in [0, 0.05) is 0 Å². The first-order valence-electron chi connectivity index (χ1n) is 8.85. The maximum absolute atomic E-state index is 2.43. The molecule has 0 saturated heterocycles. The molecule has 3 aromatic rings. The molecule has 0 heteroatoms. The summed E-state index contributed by atoms with van der Waals surface area (Å²) in [6.07, 6.45) is 8.42. The van der Waals surface area contributed by atoms with Crippen LogP contribution in [-0.4, -0.2) is 0 Å². The van der Waals surface area contributed by atoms with Crippen LogP contribution < -0.4 is 0 Å². The highest BCUT2D eigenvalue weighted by Crippen LogP contribution is 2.48. The molecule has 1 saturated carbocycles. The third kappa shape index (κ3) is 1.76. The zero-order valence-corrected chi connectivity index (χ0v) is 13.0. The summed E-state index contributed by atoms with van der Waals surface area (Å²) in [5, 5.41) is 5.78. The molecule has 0 bridgehead atoms. The lowest BCUT2D eigenvalue weighted by atomic mass is 9.67. The minimum atomic E-state index is 0.822. The molecule has 0 spiro atoms. The highest BCUT2D eigenvalue weighted by atomic mass is 14.4. The standard InChI is InChI=1S/C22H22/c1-2-9-18-16(5-1)11-14-21-20(18)13-12-17-8-4-10-19(22(17)21)15-6-3-7-15/h1-2,5,9,11-15,19H,3-4,6-8,10H2. The Kier molecular flexibility index (Phi) is 2.80. The fourth-order valence-electron chi connectivity index (χ4n) is 4.78. The molecule has 110 valence electrons. The van der Waals surface area contributed by atoms with Crippen molar-refractivity contribution >= 4 is 21.5 Å². The summed E-state index contributed by atoms with van der Waals surface area (Å²) in [7, 11) is 0. The lowest BCUT2D eigenvalue weighted by molar-refractivity contribution is 0.243. The zero-order valence-electron chi connectivity index (χ0n) is 13.0. The van der Waals surface area contributed by atoms with Crippen LogP contribution in [0, 0.1) is 5.92 Å². The Bertz CT molecular complexity index is 854. The molecular weight excluding hydrogens is 264 g/mol. The van der Waals surface area contributed by atoms with Gasteiger partial charge < -0.3 is 0 Å². The van der Waals surface area contributed by atoms with Gasteiger partial charge in [0.15, 0.2) is 0 Å². The van der Waals surface area contributed by atoms with Crippen LogP contribution in [0.3, 0.4) is 0 Å². The van der Waals surface area contributed by atoms with Crippen molar-refractivity contribution < 1.29 is 0 Å². The van der Waals surface area contributed by atoms with E-state index in [9.17, 15) is 0 Å². The van der Waals surface area contributed by atoms with Crippen molar-refractivity contribution in [1.29, 1.82) is 0 Å². The highest BCUT2D eigenvalue weighted by molar-refractivity contribution is 6.08. The zero-order chi connectivity index (χ0) is 14.5. The maximum Gasteiger partial charge on any atom is -0.0102 e. The van der Waals surface area contributed by atoms with Gasteiger partial charge in [0.1, 0.15) is 0 Å². The summed E-state index contributed by atoms with van der Waals surface area (Å²) >= 11 is 0. The van der Waals surface area contributed by atoms with Crippen LogP contribution in [0.15, 0.2) is 48.5 Å². The summed E-state index contributed by atoms with van der Waals surface area (Å²) in [5.41, 5.74) is 3.34. The Morgan fingerprint density at radius 1 is 0.682 bits per heavy atom. The minimum absolute atomic E-state index is 0.822. The molecule has 22 heavy (non-hydrogen) atoms. The second-order valence-electron chi connectivity index (χ2n) is 7.21. The maximum atomic E-state index is 2.43. The molecule has 0 heterocycles. The number of rotatable bonds is 1. The van der Waals surface area contributed by atoms with Crippen LogP contribution in [0.25, 0.3) is 21.5 Å². The first kappa shape index (κ1) is 12.7. The van der Waals surface area contributed by atoms with Gasteiger partial charge in [-0.2, -0.15) is 0 Å². The van der Waals surface area contributed by atoms with Gasteiger partial charge in [-0.05, 0) is 76.6 Å². The third-order valence-electron chi connectivity index (χ3n) is 6.11. The van der Waals surface area contributed by atoms with Gasteiger partial charge in [-0.3, -0.25) is 0 Å². The lowest BCUT2D eigenvalue weighted by Crippen LogP contribution is -2.24. The summed E-state index contributed by atoms with van der Waals surface area (Å²) < 4.78 is 0. The number of hydrogen-bond acceptors (Lipinski definition) is 0. The molecule has 0 nitrogen and oxygen atoms in total. The summed E-state index contributed by atoms with van der Waals surface area (Å²) in [6, 6.07) is 18.4. The van der Waals surface area contributed by atoms with Gasteiger partial charge in [-0.1, -0.05) is 55.0 Å². The van der Waals surface area contributed by atoms with Gasteiger partial charge in [0.05, 0.1) is 0 Å². The Morgan fingerprint density at radius 3 is 2.41 bits per heavy atom. The normalized spacial score (nSPS) is 21.7. The number of benzene rings is 3. The van der Waals surface area contributed by atoms with E-state index in [1.165, 1.54) is 60.1 Å². The fraction of sp³-hybridized carbons (Fsp3) is 0.364. The van der Waals surface area contributed by atoms with Crippen molar-refractivity contribution in [2.45, 2.75) is 44.4 Å². The quantitative estimate of drug-likeness (QED) is 0.466. The van der Waals surface area contributed by atoms with E-state index in [1.54, 1.807) is 11.1 Å². The smallest absolute Gasteiger partial charge is 0.0102 e. The van der Waals surface area contributed by atoms with Crippen molar-refractivity contribution in [2.75, 3.05) is 0 Å². The van der Waals surface area contributed by atoms with E-state index < -0.39 is 0 Å². The van der Waals surface area contributed by atoms with Crippen molar-refractivity contribution in [3.63, 3.8) is 0 Å². The van der Waals surface area contributed by atoms with Crippen LogP contribution in [-0.2, 0) is 6.42 Å². The first-order chi connectivity index (χ1) is 10.9. The largest absolute Gasteiger partial charge is 0.0616 e. The van der Waals surface area contributed by atoms with Crippen LogP contribution in [0.5, 0.6) is 0 Å². The molecule has 0 N–H and O–H groups in total. The fourth-order valence-corrected chi connectivity index (χ4v) is 4.78. The number of fused-ring (bicyclic) bond motifs is 5. The SMILES string of the molecule is c1ccc2c(c1)ccc1c3c(ccc12)CCCC3C1CCC1. The molecule has 1 unspecified atom stereocenters. The van der Waals surface area contributed by atoms with Gasteiger partial charge in [0.2, 0.25) is 0 Å². The van der Waals surface area contributed by atoms with E-state index in [0.717, 1.165) is 11.8 Å². The molecule has 5 rings (SSSR count). The molecule has 0 aromatic heterocycles. The average Bonchev–Trinajstić information content (AvgIpc) is 2.53. The van der Waals surface area contributed by atoms with Gasteiger partial charge >= 0.3 is 0 Å². The van der Waals surface area contributed by atoms with Crippen LogP contribution >= 0.6 is 0 Å². The monoisotopic (exact) mass is 286 g/mol. The van der Waals surface area contributed by atoms with E-state index in [-0.39, 0.29) is 0 Å². The van der Waals surface area contributed by atoms with Crippen LogP contribution in [0.4, 0.5) is 0 Å². The number of aryl methyl sites for hydroxylation is 1. The molecule has 0 radical (unpaired) electrons. The van der Waals surface area contributed by atoms with E-state index >= 15 is 0 Å². The van der Waals surface area contributed by atoms with Gasteiger partial charge in [0.25, 0.3) is 0 Å². The topological polar surface area (TPSA) is 0 Å². The van der Waals surface area contributed by atoms with Gasteiger partial charge in [-0.25, -0.2) is 0 Å². The first-order valence-corrected chi connectivity index (χ1v) is 8.85. The van der Waals surface area contributed by atoms with Crippen molar-refractivity contribution in [2.24, 2.45) is 5.92 Å². The van der Waals surface area contributed by atoms with E-state index in [1.807, 2.05) is 0 Å². The Balaban J connectivity index is 1.81. The molecule has 0 amide bonds. The lowest BCUT2D eigenvalue weighted by Gasteiger charge is -2.38. The third-order valence-corrected chi connectivity index (χ3v) is 6.11. The van der Waals surface area contributed by atoms with Crippen molar-refractivity contribution in [3.05, 3.63) is 59.7 Å². The molecular formula is C22H22. The Labute approximate surface area is 132 Å². The molecule has 2 aliphatic rings. The number of hydrogen-bond donors (Lipinski definition) is 0. The summed E-state index contributed by atoms with van der Waals surface area (Å²) in [6.45, 7) is 0. The van der Waals surface area contributed by atoms with E-state index in [4.69, 9.17) is 0 Å². The summed E-state index contributed by atoms with van der Waals surface area (Å²) in [4.78, 5) is 0. The minimum Gasteiger partial charge on any atom is -0.0616 e. The molecule has 1 atom stereocenters. The van der Waals surface area contributed by atoms with Crippen molar-refractivity contribution in [3.8, 4) is 0 Å². The van der Waals surface area contributed by atoms with Crippen molar-refractivity contribution in [1.82, 2.24) is 0 Å². The predicted molar refractivity (Wildman–Crippen MR) is 94.5 cm³/mol. The van der Waals surface area contributed by atoms with E-state index in [2.05, 4.69) is 48.5 Å². The molecule has 2 aliphatic carbocycles. The Hall–Kier alpha value is -1.82. The second kappa shape index (κ2) is 4.84.